The number of pyridine rings is 1. The van der Waals surface area contributed by atoms with Gasteiger partial charge >= 0.3 is 0 Å². The van der Waals surface area contributed by atoms with Gasteiger partial charge in [-0.15, -0.1) is 11.8 Å². The predicted molar refractivity (Wildman–Crippen MR) is 126 cm³/mol. The van der Waals surface area contributed by atoms with E-state index in [9.17, 15) is 8.78 Å². The van der Waals surface area contributed by atoms with Gasteiger partial charge in [-0.3, -0.25) is 4.90 Å². The molecule has 33 heavy (non-hydrogen) atoms. The van der Waals surface area contributed by atoms with Crippen LogP contribution in [-0.4, -0.2) is 63.2 Å². The molecule has 6 nitrogen and oxygen atoms in total. The quantitative estimate of drug-likeness (QED) is 0.674. The number of nitrogens with one attached hydrogen (secondary N) is 1. The van der Waals surface area contributed by atoms with E-state index in [1.54, 1.807) is 6.20 Å². The van der Waals surface area contributed by atoms with Crippen LogP contribution in [0.3, 0.4) is 0 Å². The van der Waals surface area contributed by atoms with E-state index >= 15 is 0 Å². The number of rotatable bonds is 5. The van der Waals surface area contributed by atoms with Crippen LogP contribution in [0.25, 0.3) is 5.82 Å². The number of aryl methyl sites for hydroxylation is 1. The molecule has 2 atom stereocenters. The van der Waals surface area contributed by atoms with Crippen LogP contribution in [0.1, 0.15) is 29.7 Å². The third-order valence-electron chi connectivity index (χ3n) is 6.98. The lowest BCUT2D eigenvalue weighted by molar-refractivity contribution is -0.215. The molecule has 3 aliphatic rings. The Labute approximate surface area is 201 Å². The molecular formula is C23H28ClF2N5OS. The molecule has 0 radical (unpaired) electrons. The van der Waals surface area contributed by atoms with Gasteiger partial charge in [0.05, 0.1) is 26.8 Å². The minimum atomic E-state index is -2.86. The largest absolute Gasteiger partial charge is 0.367 e. The van der Waals surface area contributed by atoms with Gasteiger partial charge in [0.15, 0.2) is 5.82 Å². The molecule has 2 unspecified atom stereocenters. The van der Waals surface area contributed by atoms with Crippen molar-refractivity contribution in [2.75, 3.05) is 26.7 Å². The van der Waals surface area contributed by atoms with Crippen molar-refractivity contribution in [3.8, 4) is 5.82 Å². The van der Waals surface area contributed by atoms with Crippen LogP contribution >= 0.6 is 23.4 Å². The topological polar surface area (TPSA) is 55.2 Å². The van der Waals surface area contributed by atoms with Crippen molar-refractivity contribution in [1.82, 2.24) is 25.0 Å². The summed E-state index contributed by atoms with van der Waals surface area (Å²) in [6.45, 7) is 4.52. The van der Waals surface area contributed by atoms with Gasteiger partial charge in [0.2, 0.25) is 0 Å². The molecule has 0 aliphatic carbocycles. The summed E-state index contributed by atoms with van der Waals surface area (Å²) < 4.78 is 37.1. The molecule has 178 valence electrons. The number of allylic oxidation sites excluding steroid dienone is 1. The van der Waals surface area contributed by atoms with E-state index in [0.29, 0.717) is 10.9 Å². The van der Waals surface area contributed by atoms with E-state index in [0.717, 1.165) is 55.1 Å². The minimum Gasteiger partial charge on any atom is -0.367 e. The lowest BCUT2D eigenvalue weighted by Crippen LogP contribution is -2.61. The number of fused-ring (bicyclic) bond motifs is 2. The fraction of sp³-hybridized carbons (Fsp3) is 0.565. The highest BCUT2D eigenvalue weighted by molar-refractivity contribution is 8.05. The molecule has 3 aliphatic heterocycles. The van der Waals surface area contributed by atoms with Crippen LogP contribution < -0.4 is 5.32 Å². The lowest BCUT2D eigenvalue weighted by atomic mass is 9.77. The van der Waals surface area contributed by atoms with Crippen molar-refractivity contribution < 1.29 is 13.5 Å². The maximum atomic E-state index is 14.4. The zero-order valence-corrected chi connectivity index (χ0v) is 20.3. The number of ether oxygens (including phenoxy) is 1. The molecule has 1 N–H and O–H groups in total. The zero-order valence-electron chi connectivity index (χ0n) is 18.7. The summed E-state index contributed by atoms with van der Waals surface area (Å²) >= 11 is 7.51. The molecule has 0 aromatic carbocycles. The molecular weight excluding hydrogens is 468 g/mol. The summed E-state index contributed by atoms with van der Waals surface area (Å²) in [5.74, 6) is -2.88. The minimum absolute atomic E-state index is 0.324. The molecule has 2 saturated heterocycles. The molecule has 2 aromatic rings. The molecule has 5 rings (SSSR count). The Balaban J connectivity index is 1.27. The van der Waals surface area contributed by atoms with E-state index in [-0.39, 0.29) is 5.25 Å². The molecule has 2 aromatic heterocycles. The predicted octanol–water partition coefficient (Wildman–Crippen LogP) is 4.11. The highest BCUT2D eigenvalue weighted by atomic mass is 35.5. The third-order valence-corrected chi connectivity index (χ3v) is 8.71. The monoisotopic (exact) mass is 495 g/mol. The van der Waals surface area contributed by atoms with Gasteiger partial charge in [-0.1, -0.05) is 17.7 Å². The average molecular weight is 496 g/mol. The van der Waals surface area contributed by atoms with Crippen molar-refractivity contribution in [2.24, 2.45) is 5.92 Å². The zero-order chi connectivity index (χ0) is 23.2. The number of hydrogen-bond acceptors (Lipinski definition) is 6. The Morgan fingerprint density at radius 2 is 2.09 bits per heavy atom. The van der Waals surface area contributed by atoms with Crippen molar-refractivity contribution >= 4 is 23.4 Å². The smallest absolute Gasteiger partial charge is 0.278 e. The number of nitrogens with zero attached hydrogens (tertiary/aromatic N) is 4. The summed E-state index contributed by atoms with van der Waals surface area (Å²) in [4.78, 5) is 6.88. The highest BCUT2D eigenvalue weighted by Crippen LogP contribution is 2.56. The number of alkyl halides is 2. The molecule has 1 spiro atoms. The highest BCUT2D eigenvalue weighted by Gasteiger charge is 2.60. The Morgan fingerprint density at radius 1 is 1.30 bits per heavy atom. The van der Waals surface area contributed by atoms with E-state index in [1.165, 1.54) is 17.8 Å². The molecule has 5 heterocycles. The van der Waals surface area contributed by atoms with Crippen molar-refractivity contribution in [3.63, 3.8) is 0 Å². The fourth-order valence-corrected chi connectivity index (χ4v) is 6.98. The van der Waals surface area contributed by atoms with Gasteiger partial charge in [0.1, 0.15) is 6.61 Å². The maximum Gasteiger partial charge on any atom is 0.278 e. The van der Waals surface area contributed by atoms with E-state index in [4.69, 9.17) is 21.4 Å². The third kappa shape index (κ3) is 4.34. The van der Waals surface area contributed by atoms with E-state index in [2.05, 4.69) is 15.2 Å². The van der Waals surface area contributed by atoms with Crippen LogP contribution in [0.15, 0.2) is 35.0 Å². The fourth-order valence-electron chi connectivity index (χ4n) is 5.14. The van der Waals surface area contributed by atoms with E-state index in [1.807, 2.05) is 37.0 Å². The second-order valence-corrected chi connectivity index (χ2v) is 10.9. The molecule has 2 fully saturated rings. The number of hydrogen-bond donors (Lipinski definition) is 1. The first-order valence-corrected chi connectivity index (χ1v) is 12.5. The first-order valence-electron chi connectivity index (χ1n) is 11.2. The average Bonchev–Trinajstić information content (AvgIpc) is 3.37. The Morgan fingerprint density at radius 3 is 2.85 bits per heavy atom. The summed E-state index contributed by atoms with van der Waals surface area (Å²) in [6, 6.07) is 3.97. The van der Waals surface area contributed by atoms with Crippen molar-refractivity contribution in [2.45, 2.75) is 49.6 Å². The molecule has 0 amide bonds. The Hall–Kier alpha value is -1.52. The van der Waals surface area contributed by atoms with Crippen LogP contribution in [-0.2, 0) is 17.8 Å². The lowest BCUT2D eigenvalue weighted by Gasteiger charge is -2.51. The number of likely N-dealkylation sites (tertiary alicyclic amines) is 1. The SMILES string of the molecule is CNCc1cccnc1-n1cc(CN2CCC3(CC2)OCC(F)(F)C2C=C(Cl)SC23)c(C)n1. The van der Waals surface area contributed by atoms with Crippen LogP contribution in [0.2, 0.25) is 0 Å². The van der Waals surface area contributed by atoms with Crippen LogP contribution in [0.5, 0.6) is 0 Å². The van der Waals surface area contributed by atoms with Gasteiger partial charge in [-0.2, -0.15) is 5.10 Å². The summed E-state index contributed by atoms with van der Waals surface area (Å²) in [6.07, 6.45) is 6.79. The van der Waals surface area contributed by atoms with Gasteiger partial charge in [-0.25, -0.2) is 18.4 Å². The van der Waals surface area contributed by atoms with Gasteiger partial charge in [0, 0.05) is 49.7 Å². The molecule has 10 heteroatoms. The number of aromatic nitrogens is 3. The standard InChI is InChI=1S/C23H28ClF2N5OS/c1-15-17(13-31(29-15)21-16(11-27-2)4-3-7-28-21)12-30-8-5-22(6-9-30)20-18(10-19(24)33-20)23(25,26)14-32-22/h3-4,7,10,13,18,20,27H,5-6,8-9,11-12,14H2,1-2H3. The van der Waals surface area contributed by atoms with Gasteiger partial charge < -0.3 is 10.1 Å². The van der Waals surface area contributed by atoms with Crippen LogP contribution in [0, 0.1) is 12.8 Å². The number of thioether (sulfide) groups is 1. The molecule has 0 saturated carbocycles. The Kier molecular flexibility index (Phi) is 6.28. The van der Waals surface area contributed by atoms with Crippen molar-refractivity contribution in [3.05, 3.63) is 51.8 Å². The van der Waals surface area contributed by atoms with Gasteiger partial charge in [0.25, 0.3) is 5.92 Å². The number of halogens is 3. The van der Waals surface area contributed by atoms with Gasteiger partial charge in [-0.05, 0) is 39.0 Å². The summed E-state index contributed by atoms with van der Waals surface area (Å²) in [5, 5.41) is 7.55. The maximum absolute atomic E-state index is 14.4. The van der Waals surface area contributed by atoms with Crippen LogP contribution in [0.4, 0.5) is 8.78 Å². The number of piperidine rings is 1. The summed E-state index contributed by atoms with van der Waals surface area (Å²) in [7, 11) is 1.91. The second-order valence-electron chi connectivity index (χ2n) is 9.13. The van der Waals surface area contributed by atoms with E-state index < -0.39 is 24.0 Å². The molecule has 0 bridgehead atoms. The Bertz CT molecular complexity index is 1050. The van der Waals surface area contributed by atoms with Crippen molar-refractivity contribution in [1.29, 1.82) is 0 Å². The summed E-state index contributed by atoms with van der Waals surface area (Å²) in [5.41, 5.74) is 2.64. The first-order chi connectivity index (χ1) is 15.8. The second kappa shape index (κ2) is 8.92. The normalized spacial score (nSPS) is 26.4. The first kappa shape index (κ1) is 23.2.